The van der Waals surface area contributed by atoms with E-state index in [0.717, 1.165) is 0 Å². The van der Waals surface area contributed by atoms with Crippen LogP contribution in [0.1, 0.15) is 18.9 Å². The minimum absolute atomic E-state index is 0.300. The molecule has 0 aliphatic rings. The summed E-state index contributed by atoms with van der Waals surface area (Å²) in [6.07, 6.45) is 0.457. The van der Waals surface area contributed by atoms with Crippen molar-refractivity contribution in [3.05, 3.63) is 29.6 Å². The second kappa shape index (κ2) is 6.96. The molecular formula is C13H19FN2O2. The highest BCUT2D eigenvalue weighted by atomic mass is 19.1. The quantitative estimate of drug-likeness (QED) is 0.772. The zero-order valence-corrected chi connectivity index (χ0v) is 10.7. The molecule has 0 aromatic heterocycles. The smallest absolute Gasteiger partial charge is 0.234 e. The number of ether oxygens (including phenoxy) is 1. The molecule has 1 rings (SSSR count). The number of primary amides is 1. The van der Waals surface area contributed by atoms with E-state index in [0.29, 0.717) is 30.9 Å². The fourth-order valence-corrected chi connectivity index (χ4v) is 1.55. The lowest BCUT2D eigenvalue weighted by Gasteiger charge is -2.14. The van der Waals surface area contributed by atoms with E-state index in [9.17, 15) is 9.18 Å². The zero-order chi connectivity index (χ0) is 13.5. The Morgan fingerprint density at radius 3 is 2.83 bits per heavy atom. The summed E-state index contributed by atoms with van der Waals surface area (Å²) in [5.41, 5.74) is 5.80. The third-order valence-corrected chi connectivity index (χ3v) is 2.61. The summed E-state index contributed by atoms with van der Waals surface area (Å²) < 4.78 is 18.6. The van der Waals surface area contributed by atoms with Crippen molar-refractivity contribution in [1.82, 2.24) is 5.32 Å². The van der Waals surface area contributed by atoms with Gasteiger partial charge in [-0.15, -0.1) is 0 Å². The first-order valence-corrected chi connectivity index (χ1v) is 5.96. The fourth-order valence-electron chi connectivity index (χ4n) is 1.55. The van der Waals surface area contributed by atoms with Crippen molar-refractivity contribution in [1.29, 1.82) is 0 Å². The topological polar surface area (TPSA) is 64.3 Å². The highest BCUT2D eigenvalue weighted by molar-refractivity contribution is 5.79. The van der Waals surface area contributed by atoms with E-state index in [1.54, 1.807) is 19.1 Å². The average molecular weight is 254 g/mol. The molecule has 1 unspecified atom stereocenters. The number of hydrogen-bond donors (Lipinski definition) is 2. The van der Waals surface area contributed by atoms with Crippen molar-refractivity contribution in [2.75, 3.05) is 13.2 Å². The Hall–Kier alpha value is -1.62. The summed E-state index contributed by atoms with van der Waals surface area (Å²) in [4.78, 5) is 11.1. The van der Waals surface area contributed by atoms with E-state index in [1.165, 1.54) is 6.07 Å². The van der Waals surface area contributed by atoms with E-state index in [4.69, 9.17) is 10.5 Å². The molecule has 100 valence electrons. The minimum Gasteiger partial charge on any atom is -0.493 e. The van der Waals surface area contributed by atoms with Gasteiger partial charge in [0.1, 0.15) is 11.6 Å². The minimum atomic E-state index is -0.412. The largest absolute Gasteiger partial charge is 0.493 e. The number of nitrogens with one attached hydrogen (secondary N) is 1. The van der Waals surface area contributed by atoms with Crippen LogP contribution in [0.15, 0.2) is 18.2 Å². The summed E-state index contributed by atoms with van der Waals surface area (Å²) in [5.74, 6) is -0.251. The molecule has 1 amide bonds. The number of hydrogen-bond acceptors (Lipinski definition) is 3. The molecule has 0 saturated carbocycles. The summed E-state index contributed by atoms with van der Waals surface area (Å²) in [6.45, 7) is 4.55. The molecule has 0 saturated heterocycles. The molecule has 0 heterocycles. The van der Waals surface area contributed by atoms with Gasteiger partial charge in [0.15, 0.2) is 0 Å². The zero-order valence-electron chi connectivity index (χ0n) is 10.7. The molecule has 4 nitrogen and oxygen atoms in total. The highest BCUT2D eigenvalue weighted by Crippen LogP contribution is 2.16. The number of rotatable bonds is 7. The summed E-state index contributed by atoms with van der Waals surface area (Å²) in [6, 6.07) is 4.28. The number of benzene rings is 1. The molecule has 3 N–H and O–H groups in total. The molecule has 0 spiro atoms. The Kier molecular flexibility index (Phi) is 5.58. The lowest BCUT2D eigenvalue weighted by Crippen LogP contribution is -2.42. The molecule has 5 heteroatoms. The number of aryl methyl sites for hydroxylation is 1. The lowest BCUT2D eigenvalue weighted by atomic mass is 10.2. The first-order chi connectivity index (χ1) is 8.54. The number of likely N-dealkylation sites (N-methyl/N-ethyl adjacent to an activating group) is 1. The van der Waals surface area contributed by atoms with Crippen LogP contribution in [0.25, 0.3) is 0 Å². The van der Waals surface area contributed by atoms with Crippen LogP contribution in [-0.2, 0) is 4.79 Å². The standard InChI is InChI=1S/C13H19FN2O2/c1-3-16-12(13(15)17)6-7-18-10-5-4-9(2)11(14)8-10/h4-5,8,12,16H,3,6-7H2,1-2H3,(H2,15,17). The van der Waals surface area contributed by atoms with Gasteiger partial charge in [-0.05, 0) is 25.1 Å². The Bertz CT molecular complexity index is 410. The van der Waals surface area contributed by atoms with Crippen molar-refractivity contribution in [3.63, 3.8) is 0 Å². The predicted octanol–water partition coefficient (Wildman–Crippen LogP) is 1.37. The van der Waals surface area contributed by atoms with Crippen LogP contribution in [0.3, 0.4) is 0 Å². The molecule has 1 aromatic rings. The first-order valence-electron chi connectivity index (χ1n) is 5.96. The number of carbonyl (C=O) groups is 1. The van der Waals surface area contributed by atoms with Crippen molar-refractivity contribution in [3.8, 4) is 5.75 Å². The van der Waals surface area contributed by atoms with E-state index < -0.39 is 11.9 Å². The van der Waals surface area contributed by atoms with Gasteiger partial charge >= 0.3 is 0 Å². The normalized spacial score (nSPS) is 12.2. The molecule has 18 heavy (non-hydrogen) atoms. The van der Waals surface area contributed by atoms with Crippen LogP contribution in [0.5, 0.6) is 5.75 Å². The van der Waals surface area contributed by atoms with Gasteiger partial charge in [0, 0.05) is 12.5 Å². The van der Waals surface area contributed by atoms with Crippen LogP contribution in [0.4, 0.5) is 4.39 Å². The third-order valence-electron chi connectivity index (χ3n) is 2.61. The van der Waals surface area contributed by atoms with Crippen molar-refractivity contribution in [2.45, 2.75) is 26.3 Å². The van der Waals surface area contributed by atoms with Gasteiger partial charge in [0.2, 0.25) is 5.91 Å². The molecule has 0 bridgehead atoms. The van der Waals surface area contributed by atoms with Gasteiger partial charge in [-0.25, -0.2) is 4.39 Å². The SMILES string of the molecule is CCNC(CCOc1ccc(C)c(F)c1)C(N)=O. The Balaban J connectivity index is 2.44. The second-order valence-electron chi connectivity index (χ2n) is 4.06. The van der Waals surface area contributed by atoms with Gasteiger partial charge in [0.25, 0.3) is 0 Å². The van der Waals surface area contributed by atoms with Crippen molar-refractivity contribution < 1.29 is 13.9 Å². The van der Waals surface area contributed by atoms with E-state index in [2.05, 4.69) is 5.32 Å². The van der Waals surface area contributed by atoms with Crippen LogP contribution < -0.4 is 15.8 Å². The molecular weight excluding hydrogens is 235 g/mol. The first kappa shape index (κ1) is 14.4. The Morgan fingerprint density at radius 1 is 1.56 bits per heavy atom. The van der Waals surface area contributed by atoms with Gasteiger partial charge < -0.3 is 15.8 Å². The number of carbonyl (C=O) groups excluding carboxylic acids is 1. The number of amides is 1. The molecule has 0 fully saturated rings. The molecule has 1 atom stereocenters. The van der Waals surface area contributed by atoms with Crippen molar-refractivity contribution >= 4 is 5.91 Å². The van der Waals surface area contributed by atoms with E-state index >= 15 is 0 Å². The van der Waals surface area contributed by atoms with Crippen LogP contribution in [-0.4, -0.2) is 25.1 Å². The van der Waals surface area contributed by atoms with E-state index in [1.807, 2.05) is 6.92 Å². The van der Waals surface area contributed by atoms with E-state index in [-0.39, 0.29) is 5.82 Å². The van der Waals surface area contributed by atoms with Crippen LogP contribution >= 0.6 is 0 Å². The maximum Gasteiger partial charge on any atom is 0.234 e. The highest BCUT2D eigenvalue weighted by Gasteiger charge is 2.13. The maximum absolute atomic E-state index is 13.2. The third kappa shape index (κ3) is 4.33. The van der Waals surface area contributed by atoms with Crippen LogP contribution in [0.2, 0.25) is 0 Å². The molecule has 1 aromatic carbocycles. The number of nitrogens with two attached hydrogens (primary N) is 1. The Labute approximate surface area is 106 Å². The molecule has 0 radical (unpaired) electrons. The van der Waals surface area contributed by atoms with Crippen molar-refractivity contribution in [2.24, 2.45) is 5.73 Å². The number of halogens is 1. The lowest BCUT2D eigenvalue weighted by molar-refractivity contribution is -0.120. The predicted molar refractivity (Wildman–Crippen MR) is 67.9 cm³/mol. The van der Waals surface area contributed by atoms with Gasteiger partial charge in [-0.2, -0.15) is 0 Å². The summed E-state index contributed by atoms with van der Waals surface area (Å²) in [7, 11) is 0. The molecule has 0 aliphatic carbocycles. The Morgan fingerprint density at radius 2 is 2.28 bits per heavy atom. The monoisotopic (exact) mass is 254 g/mol. The average Bonchev–Trinajstić information content (AvgIpc) is 2.32. The van der Waals surface area contributed by atoms with Crippen LogP contribution in [0, 0.1) is 12.7 Å². The molecule has 0 aliphatic heterocycles. The summed E-state index contributed by atoms with van der Waals surface area (Å²) >= 11 is 0. The second-order valence-corrected chi connectivity index (χ2v) is 4.06. The van der Waals surface area contributed by atoms with Gasteiger partial charge in [-0.1, -0.05) is 13.0 Å². The fraction of sp³-hybridized carbons (Fsp3) is 0.462. The van der Waals surface area contributed by atoms with Gasteiger partial charge in [0.05, 0.1) is 12.6 Å². The van der Waals surface area contributed by atoms with Gasteiger partial charge in [-0.3, -0.25) is 4.79 Å². The summed E-state index contributed by atoms with van der Waals surface area (Å²) in [5, 5.41) is 2.96. The maximum atomic E-state index is 13.2.